The number of carboxylic acid groups (broad SMARTS) is 3. The van der Waals surface area contributed by atoms with Crippen LogP contribution < -0.4 is 59.3 Å². The van der Waals surface area contributed by atoms with Gasteiger partial charge in [0.05, 0.1) is 18.6 Å². The number of phenolic OH excluding ortho intramolecular Hbond substituents is 1. The number of carbonyl (C=O) groups is 13. The lowest BCUT2D eigenvalue weighted by atomic mass is 10.0. The molecule has 12 atom stereocenters. The van der Waals surface area contributed by atoms with Crippen molar-refractivity contribution in [1.29, 1.82) is 0 Å². The second-order valence-electron chi connectivity index (χ2n) is 24.0. The number of H-pyrrole nitrogens is 1. The highest BCUT2D eigenvalue weighted by Crippen LogP contribution is 2.26. The zero-order valence-corrected chi connectivity index (χ0v) is 55.3. The average Bonchev–Trinajstić information content (AvgIpc) is 1.75. The molecule has 19 N–H and O–H groups in total. The maximum Gasteiger partial charge on any atom is 0.326 e. The number of nitrogens with two attached hydrogens (primary N) is 2. The van der Waals surface area contributed by atoms with Gasteiger partial charge in [-0.15, -0.1) is 0 Å². The number of aromatic amines is 1. The van der Waals surface area contributed by atoms with Crippen molar-refractivity contribution in [3.05, 3.63) is 102 Å². The second-order valence-corrected chi connectivity index (χ2v) is 26.6. The van der Waals surface area contributed by atoms with Crippen molar-refractivity contribution in [2.45, 2.75) is 164 Å². The highest BCUT2D eigenvalue weighted by molar-refractivity contribution is 8.76. The van der Waals surface area contributed by atoms with E-state index in [9.17, 15) is 68.4 Å². The molecule has 1 aromatic heterocycles. The summed E-state index contributed by atoms with van der Waals surface area (Å²) in [5.41, 5.74) is 13.9. The molecule has 0 spiro atoms. The number of aromatic hydroxyl groups is 1. The smallest absolute Gasteiger partial charge is 0.326 e. The molecule has 31 nitrogen and oxygen atoms in total. The number of nitrogens with zero attached hydrogens (tertiary/aromatic N) is 1. The number of benzene rings is 3. The molecule has 0 saturated carbocycles. The van der Waals surface area contributed by atoms with Crippen LogP contribution in [0.2, 0.25) is 0 Å². The van der Waals surface area contributed by atoms with Crippen LogP contribution >= 0.6 is 21.6 Å². The van der Waals surface area contributed by atoms with Gasteiger partial charge >= 0.3 is 17.9 Å². The summed E-state index contributed by atoms with van der Waals surface area (Å²) < 4.78 is 0. The summed E-state index contributed by atoms with van der Waals surface area (Å²) in [6, 6.07) is 3.64. The highest BCUT2D eigenvalue weighted by atomic mass is 33.1. The number of hydrogen-bond donors (Lipinski definition) is 17. The number of likely N-dealkylation sites (tertiary alicyclic amines) is 1. The van der Waals surface area contributed by atoms with E-state index in [0.717, 1.165) is 26.5 Å². The number of phenols is 1. The summed E-state index contributed by atoms with van der Waals surface area (Å²) in [6.07, 6.45) is -1.85. The Bertz CT molecular complexity index is 3450. The van der Waals surface area contributed by atoms with E-state index >= 15 is 14.4 Å². The van der Waals surface area contributed by atoms with Crippen molar-refractivity contribution >= 4 is 109 Å². The third-order valence-electron chi connectivity index (χ3n) is 16.2. The summed E-state index contributed by atoms with van der Waals surface area (Å²) >= 11 is 0. The molecular weight excluding hydrogens is 1300 g/mol. The molecule has 2 saturated heterocycles. The molecule has 2 aliphatic heterocycles. The molecule has 3 aromatic carbocycles. The largest absolute Gasteiger partial charge is 0.508 e. The van der Waals surface area contributed by atoms with Gasteiger partial charge in [-0.1, -0.05) is 96.1 Å². The zero-order valence-electron chi connectivity index (χ0n) is 53.7. The van der Waals surface area contributed by atoms with Gasteiger partial charge in [-0.05, 0) is 92.8 Å². The van der Waals surface area contributed by atoms with Gasteiger partial charge in [-0.25, -0.2) is 4.79 Å². The Morgan fingerprint density at radius 2 is 1.24 bits per heavy atom. The summed E-state index contributed by atoms with van der Waals surface area (Å²) in [5, 5.41) is 74.1. The molecule has 33 heteroatoms. The lowest BCUT2D eigenvalue weighted by Crippen LogP contribution is -2.62. The number of aliphatic hydroxyl groups excluding tert-OH is 1. The van der Waals surface area contributed by atoms with E-state index in [1.807, 2.05) is 0 Å². The second kappa shape index (κ2) is 37.3. The Morgan fingerprint density at radius 3 is 1.86 bits per heavy atom. The Morgan fingerprint density at radius 1 is 0.649 bits per heavy atom. The lowest BCUT2D eigenvalue weighted by Gasteiger charge is -2.31. The fourth-order valence-electron chi connectivity index (χ4n) is 10.8. The minimum Gasteiger partial charge on any atom is -0.508 e. The van der Waals surface area contributed by atoms with Gasteiger partial charge in [-0.2, -0.15) is 0 Å². The molecule has 10 amide bonds. The standard InChI is InChI=1S/C64H85N13O18S2/c1-33(2)52(64(94)95)75-61(91)48-32-97-96-31-47(73-59(89)46(29-51(82)83)72-62(92)49-17-11-25-77(49)63(93)53(34(3)78)76-54(84)40(66)22-23-50(80)81)60(90)70-43(26-35-12-5-4-6-13-35)56(86)71-45(28-37-30-67-41-15-8-7-14-39(37)41)58(88)68-42(16-9-10-24-65)55(85)69-44(57(87)74-48)27-36-18-20-38(79)21-19-36/h4-8,12-15,18-21,30,33-34,40,42-49,52-53,67,78-79H,9-11,16-17,22-29,31-32,65-66H2,1-3H3,(H,68,88)(H,69,85)(H,70,90)(H,71,86)(H,72,92)(H,73,89)(H,74,87)(H,75,91)(H,76,84)(H,80,81)(H,82,83)(H,94,95)/t34-,40+,42+,43?,44?,45+,46+,47+,48?,49+,52+,53+/m1/s1. The predicted molar refractivity (Wildman–Crippen MR) is 355 cm³/mol. The number of rotatable bonds is 27. The van der Waals surface area contributed by atoms with Crippen LogP contribution in [0.1, 0.15) is 88.8 Å². The number of para-hydroxylation sites is 1. The van der Waals surface area contributed by atoms with Gasteiger partial charge < -0.3 is 94.7 Å². The van der Waals surface area contributed by atoms with Crippen LogP contribution in [0.25, 0.3) is 10.9 Å². The number of fused-ring (bicyclic) bond motifs is 1. The van der Waals surface area contributed by atoms with Crippen LogP contribution in [0.4, 0.5) is 0 Å². The number of hydrogen-bond acceptors (Lipinski definition) is 19. The van der Waals surface area contributed by atoms with E-state index in [1.165, 1.54) is 45.0 Å². The molecule has 526 valence electrons. The van der Waals surface area contributed by atoms with Crippen molar-refractivity contribution in [3.8, 4) is 5.75 Å². The topological polar surface area (TPSA) is 502 Å². The fraction of sp³-hybridized carbons (Fsp3) is 0.484. The van der Waals surface area contributed by atoms with E-state index in [0.29, 0.717) is 34.0 Å². The van der Waals surface area contributed by atoms with E-state index in [1.54, 1.807) is 60.8 Å². The molecule has 2 fully saturated rings. The predicted octanol–water partition coefficient (Wildman–Crippen LogP) is -1.43. The Kier molecular flexibility index (Phi) is 29.5. The normalized spacial score (nSPS) is 21.6. The first-order valence-electron chi connectivity index (χ1n) is 31.6. The third kappa shape index (κ3) is 23.2. The van der Waals surface area contributed by atoms with Gasteiger partial charge in [0.2, 0.25) is 59.1 Å². The van der Waals surface area contributed by atoms with Gasteiger partial charge in [0.25, 0.3) is 0 Å². The SMILES string of the molecule is CC(C)[C@H](NC(=O)C1CSSC[C@H](NC(=O)[C@H](CC(=O)O)NC(=O)[C@@H]2CCCN2C(=O)[C@@H](NC(=O)[C@@H](N)CCC(=O)O)[C@@H](C)O)C(=O)NC(Cc2ccccc2)C(=O)N[C@@H](Cc2c[nH]c3ccccc23)C(=O)N[C@@H](CCCCN)C(=O)NC(Cc2ccc(O)cc2)C(=O)N1)C(=O)O. The van der Waals surface area contributed by atoms with Crippen LogP contribution in [-0.4, -0.2) is 210 Å². The quantitative estimate of drug-likeness (QED) is 0.0240. The number of amides is 10. The minimum absolute atomic E-state index is 0.0443. The molecule has 3 heterocycles. The molecule has 0 aliphatic carbocycles. The minimum atomic E-state index is -2.00. The van der Waals surface area contributed by atoms with Crippen LogP contribution in [0.15, 0.2) is 85.1 Å². The average molecular weight is 1390 g/mol. The molecular formula is C64H85N13O18S2. The van der Waals surface area contributed by atoms with Crippen molar-refractivity contribution in [2.24, 2.45) is 17.4 Å². The molecule has 3 unspecified atom stereocenters. The van der Waals surface area contributed by atoms with Crippen LogP contribution in [0.5, 0.6) is 5.75 Å². The highest BCUT2D eigenvalue weighted by Gasteiger charge is 2.42. The number of aliphatic hydroxyl groups is 1. The van der Waals surface area contributed by atoms with Gasteiger partial charge in [0.15, 0.2) is 0 Å². The molecule has 97 heavy (non-hydrogen) atoms. The van der Waals surface area contributed by atoms with Crippen LogP contribution in [-0.2, 0) is 81.6 Å². The number of carboxylic acids is 3. The Labute approximate surface area is 566 Å². The Hall–Kier alpha value is -9.31. The maximum absolute atomic E-state index is 15.1. The van der Waals surface area contributed by atoms with Gasteiger partial charge in [-0.3, -0.25) is 57.5 Å². The number of unbranched alkanes of at least 4 members (excludes halogenated alkanes) is 1. The number of carbonyl (C=O) groups excluding carboxylic acids is 10. The van der Waals surface area contributed by atoms with Crippen LogP contribution in [0.3, 0.4) is 0 Å². The number of nitrogens with one attached hydrogen (secondary N) is 10. The summed E-state index contributed by atoms with van der Waals surface area (Å²) in [4.78, 5) is 185. The van der Waals surface area contributed by atoms with Gasteiger partial charge in [0, 0.05) is 60.8 Å². The number of aliphatic carboxylic acids is 3. The summed E-state index contributed by atoms with van der Waals surface area (Å²) in [7, 11) is 1.65. The van der Waals surface area contributed by atoms with Crippen molar-refractivity contribution in [1.82, 2.24) is 57.7 Å². The maximum atomic E-state index is 15.1. The Balaban J connectivity index is 1.41. The first kappa shape index (κ1) is 76.7. The zero-order chi connectivity index (χ0) is 71.0. The molecule has 0 bridgehead atoms. The van der Waals surface area contributed by atoms with Crippen molar-refractivity contribution in [2.75, 3.05) is 24.6 Å². The van der Waals surface area contributed by atoms with Crippen LogP contribution in [0, 0.1) is 5.92 Å². The molecule has 0 radical (unpaired) electrons. The molecule has 4 aromatic rings. The molecule has 6 rings (SSSR count). The summed E-state index contributed by atoms with van der Waals surface area (Å²) in [5.74, 6) is -16.0. The lowest BCUT2D eigenvalue weighted by molar-refractivity contribution is -0.145. The molecule has 2 aliphatic rings. The number of aromatic nitrogens is 1. The van der Waals surface area contributed by atoms with E-state index < -0.39 is 180 Å². The van der Waals surface area contributed by atoms with E-state index in [-0.39, 0.29) is 70.2 Å². The summed E-state index contributed by atoms with van der Waals surface area (Å²) in [6.45, 7) is 4.32. The van der Waals surface area contributed by atoms with E-state index in [2.05, 4.69) is 52.8 Å². The van der Waals surface area contributed by atoms with Crippen molar-refractivity contribution < 1.29 is 87.9 Å². The van der Waals surface area contributed by atoms with Gasteiger partial charge in [0.1, 0.15) is 66.2 Å². The third-order valence-corrected chi connectivity index (χ3v) is 18.6. The fourth-order valence-corrected chi connectivity index (χ4v) is 13.1. The first-order chi connectivity index (χ1) is 46.1. The van der Waals surface area contributed by atoms with E-state index in [4.69, 9.17) is 16.6 Å². The monoisotopic (exact) mass is 1390 g/mol. The first-order valence-corrected chi connectivity index (χ1v) is 34.1. The van der Waals surface area contributed by atoms with Crippen molar-refractivity contribution in [3.63, 3.8) is 0 Å².